The summed E-state index contributed by atoms with van der Waals surface area (Å²) in [6, 6.07) is 10.0. The zero-order valence-electron chi connectivity index (χ0n) is 18.6. The molecule has 4 aromatic rings. The first kappa shape index (κ1) is 21.1. The average molecular weight is 476 g/mol. The largest absolute Gasteiger partial charge is 0.477 e. The van der Waals surface area contributed by atoms with Gasteiger partial charge >= 0.3 is 5.97 Å². The minimum atomic E-state index is -0.944. The topological polar surface area (TPSA) is 98.9 Å². The molecular weight excluding hydrogens is 450 g/mol. The van der Waals surface area contributed by atoms with E-state index in [-0.39, 0.29) is 4.88 Å². The van der Waals surface area contributed by atoms with Crippen molar-refractivity contribution in [2.45, 2.75) is 12.8 Å². The molecule has 2 N–H and O–H groups in total. The molecule has 9 nitrogen and oxygen atoms in total. The number of rotatable bonds is 7. The average Bonchev–Trinajstić information content (AvgIpc) is 3.32. The summed E-state index contributed by atoms with van der Waals surface area (Å²) in [7, 11) is 0. The third-order valence-electron chi connectivity index (χ3n) is 6.49. The second-order valence-electron chi connectivity index (χ2n) is 8.90. The van der Waals surface area contributed by atoms with E-state index in [0.717, 1.165) is 43.3 Å². The van der Waals surface area contributed by atoms with E-state index in [4.69, 9.17) is 0 Å². The Kier molecular flexibility index (Phi) is 5.39. The highest BCUT2D eigenvalue weighted by Gasteiger charge is 2.26. The van der Waals surface area contributed by atoms with Crippen molar-refractivity contribution in [3.05, 3.63) is 53.1 Å². The van der Waals surface area contributed by atoms with E-state index in [0.29, 0.717) is 17.2 Å². The van der Waals surface area contributed by atoms with Crippen molar-refractivity contribution in [3.63, 3.8) is 0 Å². The van der Waals surface area contributed by atoms with Crippen LogP contribution in [0.5, 0.6) is 0 Å². The van der Waals surface area contributed by atoms with Gasteiger partial charge in [-0.25, -0.2) is 19.3 Å². The van der Waals surface area contributed by atoms with Gasteiger partial charge in [-0.2, -0.15) is 5.10 Å². The number of carboxylic acid groups (broad SMARTS) is 1. The molecule has 1 saturated heterocycles. The van der Waals surface area contributed by atoms with Gasteiger partial charge in [-0.05, 0) is 49.1 Å². The molecule has 4 heterocycles. The van der Waals surface area contributed by atoms with E-state index in [9.17, 15) is 9.90 Å². The minimum Gasteiger partial charge on any atom is -0.477 e. The number of carbonyl (C=O) groups is 1. The van der Waals surface area contributed by atoms with Crippen LogP contribution in [0, 0.1) is 5.92 Å². The molecule has 2 fully saturated rings. The number of hydrogen-bond acceptors (Lipinski definition) is 8. The third kappa shape index (κ3) is 4.22. The van der Waals surface area contributed by atoms with Gasteiger partial charge in [0.25, 0.3) is 0 Å². The molecule has 1 aliphatic carbocycles. The molecule has 1 aliphatic heterocycles. The minimum absolute atomic E-state index is 0.273. The molecule has 174 valence electrons. The number of aromatic nitrogens is 4. The number of aromatic carboxylic acids is 1. The van der Waals surface area contributed by atoms with Crippen LogP contribution < -0.4 is 10.2 Å². The summed E-state index contributed by atoms with van der Waals surface area (Å²) >= 11 is 1.18. The van der Waals surface area contributed by atoms with Crippen molar-refractivity contribution >= 4 is 40.1 Å². The molecule has 0 atom stereocenters. The Balaban J connectivity index is 1.16. The molecule has 3 aromatic heterocycles. The highest BCUT2D eigenvalue weighted by molar-refractivity contribution is 7.12. The number of fused-ring (bicyclic) bond motifs is 1. The summed E-state index contributed by atoms with van der Waals surface area (Å²) in [6.45, 7) is 5.67. The molecule has 10 heteroatoms. The van der Waals surface area contributed by atoms with Crippen LogP contribution in [0.15, 0.2) is 48.2 Å². The smallest absolute Gasteiger partial charge is 0.345 e. The lowest BCUT2D eigenvalue weighted by atomic mass is 10.2. The van der Waals surface area contributed by atoms with Crippen LogP contribution in [0.2, 0.25) is 0 Å². The predicted molar refractivity (Wildman–Crippen MR) is 132 cm³/mol. The fourth-order valence-corrected chi connectivity index (χ4v) is 5.17. The predicted octanol–water partition coefficient (Wildman–Crippen LogP) is 3.83. The van der Waals surface area contributed by atoms with Gasteiger partial charge in [0.15, 0.2) is 11.5 Å². The lowest BCUT2D eigenvalue weighted by Crippen LogP contribution is -2.47. The van der Waals surface area contributed by atoms with Gasteiger partial charge in [-0.3, -0.25) is 4.90 Å². The fourth-order valence-electron chi connectivity index (χ4n) is 4.43. The maximum Gasteiger partial charge on any atom is 0.345 e. The fraction of sp³-hybridized carbons (Fsp3) is 0.333. The molecule has 2 aliphatic rings. The van der Waals surface area contributed by atoms with E-state index < -0.39 is 5.97 Å². The summed E-state index contributed by atoms with van der Waals surface area (Å²) in [5.74, 6) is 0.598. The monoisotopic (exact) mass is 475 g/mol. The quantitative estimate of drug-likeness (QED) is 0.416. The molecule has 0 spiro atoms. The summed E-state index contributed by atoms with van der Waals surface area (Å²) in [5.41, 5.74) is 4.18. The van der Waals surface area contributed by atoms with Crippen molar-refractivity contribution in [1.82, 2.24) is 24.5 Å². The zero-order chi connectivity index (χ0) is 23.1. The van der Waals surface area contributed by atoms with Crippen molar-refractivity contribution in [3.8, 4) is 11.3 Å². The van der Waals surface area contributed by atoms with E-state index in [1.807, 2.05) is 0 Å². The van der Waals surface area contributed by atoms with E-state index in [2.05, 4.69) is 54.4 Å². The Morgan fingerprint density at radius 2 is 1.91 bits per heavy atom. The summed E-state index contributed by atoms with van der Waals surface area (Å²) in [5, 5.41) is 18.7. The van der Waals surface area contributed by atoms with Crippen LogP contribution in [-0.2, 0) is 0 Å². The van der Waals surface area contributed by atoms with Gasteiger partial charge < -0.3 is 15.3 Å². The lowest BCUT2D eigenvalue weighted by molar-refractivity contribution is 0.0702. The highest BCUT2D eigenvalue weighted by Crippen LogP contribution is 2.31. The van der Waals surface area contributed by atoms with Gasteiger partial charge in [0.1, 0.15) is 11.2 Å². The molecule has 0 bridgehead atoms. The molecule has 1 aromatic carbocycles. The van der Waals surface area contributed by atoms with Gasteiger partial charge in [0.05, 0.1) is 11.9 Å². The number of piperazine rings is 1. The Morgan fingerprint density at radius 3 is 2.62 bits per heavy atom. The summed E-state index contributed by atoms with van der Waals surface area (Å²) in [6.07, 6.45) is 5.98. The summed E-state index contributed by atoms with van der Waals surface area (Å²) < 4.78 is 1.68. The van der Waals surface area contributed by atoms with Crippen LogP contribution in [-0.4, -0.2) is 68.3 Å². The molecule has 34 heavy (non-hydrogen) atoms. The second kappa shape index (κ2) is 8.69. The molecule has 1 saturated carbocycles. The number of benzene rings is 1. The second-order valence-corrected chi connectivity index (χ2v) is 9.81. The van der Waals surface area contributed by atoms with Crippen molar-refractivity contribution in [2.75, 3.05) is 42.9 Å². The molecule has 0 radical (unpaired) electrons. The van der Waals surface area contributed by atoms with Gasteiger partial charge in [-0.1, -0.05) is 0 Å². The first-order valence-electron chi connectivity index (χ1n) is 11.5. The van der Waals surface area contributed by atoms with Crippen molar-refractivity contribution in [2.24, 2.45) is 5.92 Å². The lowest BCUT2D eigenvalue weighted by Gasteiger charge is -2.36. The number of carboxylic acids is 1. The van der Waals surface area contributed by atoms with Gasteiger partial charge in [0.2, 0.25) is 0 Å². The first-order valence-corrected chi connectivity index (χ1v) is 12.4. The molecule has 0 unspecified atom stereocenters. The Morgan fingerprint density at radius 1 is 1.12 bits per heavy atom. The Bertz CT molecular complexity index is 1320. The standard InChI is InChI=1S/C24H25N7O2S/c32-24(33)21-11-17(14-34-21)20-12-25-22(23-26-15-27-31(20)23)28-18-3-5-19(6-4-18)30-9-7-29(8-10-30)13-16-1-2-16/h3-6,11-12,14-16H,1-2,7-10,13H2,(H,25,28)(H,32,33). The van der Waals surface area contributed by atoms with Crippen molar-refractivity contribution < 1.29 is 9.90 Å². The Hall–Kier alpha value is -3.50. The van der Waals surface area contributed by atoms with E-state index >= 15 is 0 Å². The third-order valence-corrected chi connectivity index (χ3v) is 7.41. The normalized spacial score (nSPS) is 16.8. The number of thiophene rings is 1. The van der Waals surface area contributed by atoms with Crippen molar-refractivity contribution in [1.29, 1.82) is 0 Å². The van der Waals surface area contributed by atoms with Crippen LogP contribution >= 0.6 is 11.3 Å². The van der Waals surface area contributed by atoms with Crippen LogP contribution in [0.4, 0.5) is 17.2 Å². The summed E-state index contributed by atoms with van der Waals surface area (Å²) in [4.78, 5) is 25.5. The van der Waals surface area contributed by atoms with Gasteiger partial charge in [-0.15, -0.1) is 11.3 Å². The van der Waals surface area contributed by atoms with Gasteiger partial charge in [0, 0.05) is 55.0 Å². The Labute approximate surface area is 200 Å². The molecule has 0 amide bonds. The number of nitrogens with one attached hydrogen (secondary N) is 1. The van der Waals surface area contributed by atoms with E-state index in [1.54, 1.807) is 22.2 Å². The van der Waals surface area contributed by atoms with Crippen LogP contribution in [0.1, 0.15) is 22.5 Å². The SMILES string of the molecule is O=C(O)c1cc(-c2cnc(Nc3ccc(N4CCN(CC5CC5)CC4)cc3)c3ncnn23)cs1. The maximum atomic E-state index is 11.2. The van der Waals surface area contributed by atoms with Crippen LogP contribution in [0.3, 0.4) is 0 Å². The number of hydrogen-bond donors (Lipinski definition) is 2. The highest BCUT2D eigenvalue weighted by atomic mass is 32.1. The molecular formula is C24H25N7O2S. The zero-order valence-corrected chi connectivity index (χ0v) is 19.4. The molecule has 6 rings (SSSR count). The first-order chi connectivity index (χ1) is 16.6. The maximum absolute atomic E-state index is 11.2. The van der Waals surface area contributed by atoms with E-state index in [1.165, 1.54) is 42.7 Å². The number of anilines is 3. The van der Waals surface area contributed by atoms with Crippen LogP contribution in [0.25, 0.3) is 16.9 Å². The number of nitrogens with zero attached hydrogens (tertiary/aromatic N) is 6.